The summed E-state index contributed by atoms with van der Waals surface area (Å²) in [6, 6.07) is 37.2. The van der Waals surface area contributed by atoms with Crippen LogP contribution in [-0.2, 0) is 44.9 Å². The second-order valence-electron chi connectivity index (χ2n) is 14.2. The summed E-state index contributed by atoms with van der Waals surface area (Å²) in [6.07, 6.45) is 10.5. The molecule has 1 atom stereocenters. The number of benzene rings is 4. The molecule has 0 saturated carbocycles. The minimum absolute atomic E-state index is 0. The van der Waals surface area contributed by atoms with Crippen LogP contribution in [0.5, 0.6) is 0 Å². The number of rotatable bonds is 6. The normalized spacial score (nSPS) is 14.8. The van der Waals surface area contributed by atoms with E-state index in [2.05, 4.69) is 157 Å². The van der Waals surface area contributed by atoms with Gasteiger partial charge in [-0.25, -0.2) is 0 Å². The average Bonchev–Trinajstić information content (AvgIpc) is 3.60. The zero-order valence-electron chi connectivity index (χ0n) is 26.9. The molecule has 2 aliphatic rings. The molecule has 0 N–H and O–H groups in total. The van der Waals surface area contributed by atoms with Crippen molar-refractivity contribution < 1.29 is 46.1 Å². The van der Waals surface area contributed by atoms with Gasteiger partial charge in [0.2, 0.25) is 0 Å². The van der Waals surface area contributed by atoms with Gasteiger partial charge < -0.3 is 24.8 Å². The molecule has 226 valence electrons. The van der Waals surface area contributed by atoms with Gasteiger partial charge in [0.15, 0.2) is 0 Å². The van der Waals surface area contributed by atoms with Crippen molar-refractivity contribution in [1.82, 2.24) is 0 Å². The molecule has 0 fully saturated rings. The molecule has 3 heteroatoms. The van der Waals surface area contributed by atoms with Crippen molar-refractivity contribution in [2.24, 2.45) is 0 Å². The van der Waals surface area contributed by atoms with Crippen LogP contribution in [0.25, 0.3) is 11.1 Å². The number of fused-ring (bicyclic) bond motifs is 3. The van der Waals surface area contributed by atoms with Crippen LogP contribution >= 0.6 is 0 Å². The van der Waals surface area contributed by atoms with Crippen molar-refractivity contribution in [3.8, 4) is 11.1 Å². The average molecular weight is 699 g/mol. The van der Waals surface area contributed by atoms with Crippen molar-refractivity contribution in [2.45, 2.75) is 75.3 Å². The van der Waals surface area contributed by atoms with Gasteiger partial charge >= 0.3 is 263 Å². The van der Waals surface area contributed by atoms with E-state index in [0.717, 1.165) is 19.3 Å². The minimum atomic E-state index is -2.52. The van der Waals surface area contributed by atoms with E-state index in [1.54, 1.807) is 17.6 Å². The standard InChI is InChI=1S/C21H25.C15H14.C5H5.2ClH.Zr/c1-20(2,3)16-11-10-14-12-15-8-7-9-18(21(4,5)6)19(15)17(14)13-16;1-3-8-14(9-4-1)12-7-13-15-10-5-2-6-11-15;1-2-4-5-3-1;;;/h7-13H,1-6H3;1-6,8-11H,12-13H2;1-3H,4H2;2*1H;/q;;;;;+2/p-2. The summed E-state index contributed by atoms with van der Waals surface area (Å²) in [5.74, 6) is 0. The van der Waals surface area contributed by atoms with E-state index in [1.807, 2.05) is 0 Å². The third kappa shape index (κ3) is 7.07. The Morgan fingerprint density at radius 2 is 1.30 bits per heavy atom. The predicted octanol–water partition coefficient (Wildman–Crippen LogP) is 4.48. The number of halogens is 2. The van der Waals surface area contributed by atoms with Gasteiger partial charge in [-0.15, -0.1) is 0 Å². The molecule has 0 aromatic heterocycles. The molecule has 0 saturated heterocycles. The fraction of sp³-hybridized carbons (Fsp3) is 0.293. The van der Waals surface area contributed by atoms with Crippen LogP contribution in [0.15, 0.2) is 119 Å². The van der Waals surface area contributed by atoms with Gasteiger partial charge in [0, 0.05) is 0 Å². The fourth-order valence-corrected chi connectivity index (χ4v) is 16.1. The molecule has 4 aromatic carbocycles. The quantitative estimate of drug-likeness (QED) is 0.279. The third-order valence-electron chi connectivity index (χ3n) is 9.02. The maximum absolute atomic E-state index is 2.56. The van der Waals surface area contributed by atoms with E-state index in [9.17, 15) is 0 Å². The molecule has 4 aromatic rings. The van der Waals surface area contributed by atoms with Crippen LogP contribution in [0.4, 0.5) is 0 Å². The van der Waals surface area contributed by atoms with Crippen LogP contribution in [0.2, 0.25) is 0 Å². The number of hydrogen-bond acceptors (Lipinski definition) is 0. The Bertz CT molecular complexity index is 1650. The Labute approximate surface area is 285 Å². The molecule has 2 aliphatic carbocycles. The van der Waals surface area contributed by atoms with Crippen molar-refractivity contribution in [2.75, 3.05) is 0 Å². The maximum Gasteiger partial charge on any atom is -1.00 e. The first kappa shape index (κ1) is 34.6. The fourth-order valence-electron chi connectivity index (χ4n) is 6.91. The van der Waals surface area contributed by atoms with Crippen LogP contribution < -0.4 is 24.8 Å². The zero-order valence-corrected chi connectivity index (χ0v) is 30.9. The second-order valence-corrected chi connectivity index (χ2v) is 20.9. The van der Waals surface area contributed by atoms with Crippen molar-refractivity contribution >= 4 is 3.21 Å². The van der Waals surface area contributed by atoms with Crippen LogP contribution in [0.1, 0.15) is 85.0 Å². The smallest absolute Gasteiger partial charge is 1.00 e. The third-order valence-corrected chi connectivity index (χ3v) is 17.3. The molecule has 0 amide bonds. The molecule has 6 rings (SSSR count). The Balaban J connectivity index is 0.00000221. The van der Waals surface area contributed by atoms with Crippen molar-refractivity contribution in [3.63, 3.8) is 0 Å². The maximum atomic E-state index is 2.56. The summed E-state index contributed by atoms with van der Waals surface area (Å²) in [5, 5.41) is 0. The van der Waals surface area contributed by atoms with Gasteiger partial charge in [-0.05, 0) is 0 Å². The van der Waals surface area contributed by atoms with Crippen LogP contribution in [-0.4, -0.2) is 3.21 Å². The summed E-state index contributed by atoms with van der Waals surface area (Å²) in [5.41, 5.74) is 12.2. The summed E-state index contributed by atoms with van der Waals surface area (Å²) < 4.78 is 4.03. The van der Waals surface area contributed by atoms with Crippen LogP contribution in [0.3, 0.4) is 0 Å². The molecular weight excluding hydrogens is 655 g/mol. The van der Waals surface area contributed by atoms with Gasteiger partial charge in [-0.2, -0.15) is 0 Å². The molecule has 0 spiro atoms. The molecular formula is C41H44Cl2Zr. The number of hydrogen-bond donors (Lipinski definition) is 0. The largest absolute Gasteiger partial charge is 1.00 e. The second kappa shape index (κ2) is 14.0. The molecule has 1 unspecified atom stereocenters. The first-order valence-electron chi connectivity index (χ1n) is 15.6. The Hall–Kier alpha value is -2.31. The first-order valence-corrected chi connectivity index (χ1v) is 19.4. The van der Waals surface area contributed by atoms with E-state index in [0.29, 0.717) is 3.63 Å². The molecule has 0 heterocycles. The van der Waals surface area contributed by atoms with Crippen molar-refractivity contribution in [1.29, 1.82) is 0 Å². The molecule has 0 nitrogen and oxygen atoms in total. The molecule has 0 aliphatic heterocycles. The van der Waals surface area contributed by atoms with Gasteiger partial charge in [0.25, 0.3) is 0 Å². The SMILES string of the molecule is CC(C)(C)c1ccc2c(c1)-c1c(cccc1C(C)(C)C)[CH]2[Zr+2]([C]1=CC=CC1)=[C](Cc1ccccc1)Cc1ccccc1.[Cl-].[Cl-]. The zero-order chi connectivity index (χ0) is 29.5. The Kier molecular flexibility index (Phi) is 11.0. The minimum Gasteiger partial charge on any atom is -1.00 e. The monoisotopic (exact) mass is 696 g/mol. The van der Waals surface area contributed by atoms with E-state index in [-0.39, 0.29) is 35.6 Å². The van der Waals surface area contributed by atoms with Gasteiger partial charge in [0.05, 0.1) is 0 Å². The van der Waals surface area contributed by atoms with Gasteiger partial charge in [0.1, 0.15) is 0 Å². The summed E-state index contributed by atoms with van der Waals surface area (Å²) >= 11 is -2.52. The summed E-state index contributed by atoms with van der Waals surface area (Å²) in [4.78, 5) is 0. The Morgan fingerprint density at radius 3 is 1.82 bits per heavy atom. The number of allylic oxidation sites excluding steroid dienone is 4. The first-order chi connectivity index (χ1) is 20.1. The van der Waals surface area contributed by atoms with E-state index in [1.165, 1.54) is 33.4 Å². The van der Waals surface area contributed by atoms with E-state index in [4.69, 9.17) is 0 Å². The van der Waals surface area contributed by atoms with E-state index < -0.39 is 21.3 Å². The molecule has 0 bridgehead atoms. The van der Waals surface area contributed by atoms with E-state index >= 15 is 0 Å². The van der Waals surface area contributed by atoms with Crippen LogP contribution in [0, 0.1) is 0 Å². The summed E-state index contributed by atoms with van der Waals surface area (Å²) in [7, 11) is 0. The van der Waals surface area contributed by atoms with Gasteiger partial charge in [-0.3, -0.25) is 0 Å². The predicted molar refractivity (Wildman–Crippen MR) is 178 cm³/mol. The molecule has 0 radical (unpaired) electrons. The molecule has 44 heavy (non-hydrogen) atoms. The topological polar surface area (TPSA) is 0 Å². The van der Waals surface area contributed by atoms with Crippen molar-refractivity contribution in [3.05, 3.63) is 152 Å². The van der Waals surface area contributed by atoms with Gasteiger partial charge in [-0.1, -0.05) is 0 Å². The Morgan fingerprint density at radius 1 is 0.682 bits per heavy atom. The summed E-state index contributed by atoms with van der Waals surface area (Å²) in [6.45, 7) is 14.2.